The first kappa shape index (κ1) is 14.0. The molecule has 0 amide bonds. The molecule has 0 heterocycles. The van der Waals surface area contributed by atoms with Crippen molar-refractivity contribution in [1.29, 1.82) is 0 Å². The smallest absolute Gasteiger partial charge is 0.126 e. The second-order valence-corrected chi connectivity index (χ2v) is 5.17. The molecule has 0 bridgehead atoms. The number of hydrogen-bond donors (Lipinski definition) is 1. The van der Waals surface area contributed by atoms with E-state index < -0.39 is 11.6 Å². The first-order chi connectivity index (χ1) is 9.15. The Morgan fingerprint density at radius 3 is 2.37 bits per heavy atom. The third kappa shape index (κ3) is 4.30. The van der Waals surface area contributed by atoms with Crippen LogP contribution in [0.15, 0.2) is 23.2 Å². The fourth-order valence-corrected chi connectivity index (χ4v) is 2.60. The van der Waals surface area contributed by atoms with E-state index in [1.807, 2.05) is 0 Å². The highest BCUT2D eigenvalue weighted by atomic mass is 19.1. The Bertz CT molecular complexity index is 431. The van der Waals surface area contributed by atoms with Crippen LogP contribution in [0.3, 0.4) is 0 Å². The van der Waals surface area contributed by atoms with Crippen molar-refractivity contribution in [3.63, 3.8) is 0 Å². The number of aliphatic imine (C=N–C) groups is 1. The third-order valence-corrected chi connectivity index (χ3v) is 3.64. The molecular formula is C15H20F2N2. The van der Waals surface area contributed by atoms with Gasteiger partial charge in [0.2, 0.25) is 0 Å². The van der Waals surface area contributed by atoms with Gasteiger partial charge in [0.05, 0.1) is 5.84 Å². The molecule has 2 rings (SSSR count). The van der Waals surface area contributed by atoms with Crippen molar-refractivity contribution in [2.24, 2.45) is 16.6 Å². The first-order valence-electron chi connectivity index (χ1n) is 6.90. The third-order valence-electron chi connectivity index (χ3n) is 3.64. The summed E-state index contributed by atoms with van der Waals surface area (Å²) < 4.78 is 26.0. The minimum Gasteiger partial charge on any atom is -0.387 e. The highest BCUT2D eigenvalue weighted by Crippen LogP contribution is 2.23. The van der Waals surface area contributed by atoms with E-state index in [1.165, 1.54) is 31.4 Å². The maximum absolute atomic E-state index is 13.0. The van der Waals surface area contributed by atoms with Crippen molar-refractivity contribution < 1.29 is 8.78 Å². The van der Waals surface area contributed by atoms with Crippen LogP contribution in [-0.4, -0.2) is 12.4 Å². The van der Waals surface area contributed by atoms with Crippen LogP contribution in [0.1, 0.15) is 37.7 Å². The quantitative estimate of drug-likeness (QED) is 0.658. The van der Waals surface area contributed by atoms with Crippen LogP contribution in [0.25, 0.3) is 0 Å². The van der Waals surface area contributed by atoms with E-state index in [0.717, 1.165) is 18.9 Å². The van der Waals surface area contributed by atoms with Gasteiger partial charge in [-0.1, -0.05) is 19.3 Å². The number of halogens is 2. The summed E-state index contributed by atoms with van der Waals surface area (Å²) in [5, 5.41) is 0. The van der Waals surface area contributed by atoms with E-state index in [9.17, 15) is 8.78 Å². The molecule has 19 heavy (non-hydrogen) atoms. The van der Waals surface area contributed by atoms with Gasteiger partial charge >= 0.3 is 0 Å². The molecule has 2 N–H and O–H groups in total. The van der Waals surface area contributed by atoms with Crippen molar-refractivity contribution in [3.8, 4) is 0 Å². The van der Waals surface area contributed by atoms with Crippen molar-refractivity contribution in [1.82, 2.24) is 0 Å². The van der Waals surface area contributed by atoms with E-state index in [1.54, 1.807) is 0 Å². The molecule has 1 aromatic rings. The number of nitrogens with two attached hydrogens (primary N) is 1. The highest BCUT2D eigenvalue weighted by Gasteiger charge is 2.16. The van der Waals surface area contributed by atoms with Gasteiger partial charge in [-0.2, -0.15) is 0 Å². The van der Waals surface area contributed by atoms with Crippen LogP contribution in [0.5, 0.6) is 0 Å². The van der Waals surface area contributed by atoms with Crippen molar-refractivity contribution >= 4 is 5.84 Å². The van der Waals surface area contributed by atoms with Gasteiger partial charge in [-0.05, 0) is 37.0 Å². The maximum Gasteiger partial charge on any atom is 0.126 e. The number of rotatable bonds is 4. The molecule has 1 aliphatic carbocycles. The fourth-order valence-electron chi connectivity index (χ4n) is 2.60. The Kier molecular flexibility index (Phi) is 4.88. The van der Waals surface area contributed by atoms with Crippen LogP contribution in [0, 0.1) is 17.6 Å². The Morgan fingerprint density at radius 2 is 1.74 bits per heavy atom. The standard InChI is InChI=1S/C15H20F2N2/c16-13-8-11(9-14(17)10-13)6-7-19-15(18)12-4-2-1-3-5-12/h8-10,12H,1-7H2,(H2,18,19). The Morgan fingerprint density at radius 1 is 1.11 bits per heavy atom. The van der Waals surface area contributed by atoms with E-state index in [2.05, 4.69) is 4.99 Å². The molecule has 104 valence electrons. The first-order valence-corrected chi connectivity index (χ1v) is 6.90. The van der Waals surface area contributed by atoms with Gasteiger partial charge in [0.25, 0.3) is 0 Å². The van der Waals surface area contributed by atoms with Gasteiger partial charge in [-0.15, -0.1) is 0 Å². The van der Waals surface area contributed by atoms with E-state index >= 15 is 0 Å². The Hall–Kier alpha value is -1.45. The van der Waals surface area contributed by atoms with Crippen LogP contribution >= 0.6 is 0 Å². The molecule has 2 nitrogen and oxygen atoms in total. The molecule has 4 heteroatoms. The number of hydrogen-bond acceptors (Lipinski definition) is 1. The van der Waals surface area contributed by atoms with Crippen molar-refractivity contribution in [3.05, 3.63) is 35.4 Å². The van der Waals surface area contributed by atoms with Crippen LogP contribution in [0.4, 0.5) is 8.78 Å². The zero-order valence-corrected chi connectivity index (χ0v) is 11.0. The van der Waals surface area contributed by atoms with Crippen LogP contribution < -0.4 is 5.73 Å². The molecule has 0 aromatic heterocycles. The summed E-state index contributed by atoms with van der Waals surface area (Å²) in [6, 6.07) is 3.56. The van der Waals surface area contributed by atoms with Gasteiger partial charge in [0.1, 0.15) is 11.6 Å². The predicted molar refractivity (Wildman–Crippen MR) is 73.1 cm³/mol. The topological polar surface area (TPSA) is 38.4 Å². The molecule has 1 aliphatic rings. The lowest BCUT2D eigenvalue weighted by Gasteiger charge is -2.20. The molecule has 1 aromatic carbocycles. The minimum atomic E-state index is -0.542. The highest BCUT2D eigenvalue weighted by molar-refractivity contribution is 5.82. The molecule has 0 spiro atoms. The Labute approximate surface area is 112 Å². The number of nitrogens with zero attached hydrogens (tertiary/aromatic N) is 1. The summed E-state index contributed by atoms with van der Waals surface area (Å²) >= 11 is 0. The zero-order valence-electron chi connectivity index (χ0n) is 11.0. The lowest BCUT2D eigenvalue weighted by molar-refractivity contribution is 0.436. The monoisotopic (exact) mass is 266 g/mol. The fraction of sp³-hybridized carbons (Fsp3) is 0.533. The average Bonchev–Trinajstić information content (AvgIpc) is 2.38. The van der Waals surface area contributed by atoms with Gasteiger partial charge in [0, 0.05) is 18.5 Å². The van der Waals surface area contributed by atoms with Crippen molar-refractivity contribution in [2.45, 2.75) is 38.5 Å². The van der Waals surface area contributed by atoms with E-state index in [-0.39, 0.29) is 0 Å². The molecule has 0 atom stereocenters. The van der Waals surface area contributed by atoms with Crippen LogP contribution in [0.2, 0.25) is 0 Å². The number of benzene rings is 1. The predicted octanol–water partition coefficient (Wildman–Crippen LogP) is 3.44. The lowest BCUT2D eigenvalue weighted by Crippen LogP contribution is -2.26. The molecular weight excluding hydrogens is 246 g/mol. The molecule has 0 saturated heterocycles. The van der Waals surface area contributed by atoms with Crippen molar-refractivity contribution in [2.75, 3.05) is 6.54 Å². The summed E-state index contributed by atoms with van der Waals surface area (Å²) in [5.41, 5.74) is 6.60. The van der Waals surface area contributed by atoms with Gasteiger partial charge in [-0.25, -0.2) is 8.78 Å². The summed E-state index contributed by atoms with van der Waals surface area (Å²) in [4.78, 5) is 4.35. The summed E-state index contributed by atoms with van der Waals surface area (Å²) in [5.74, 6) is 0.0213. The van der Waals surface area contributed by atoms with Gasteiger partial charge < -0.3 is 5.73 Å². The molecule has 0 radical (unpaired) electrons. The second kappa shape index (κ2) is 6.64. The minimum absolute atomic E-state index is 0.401. The summed E-state index contributed by atoms with van der Waals surface area (Å²) in [7, 11) is 0. The molecule has 1 fully saturated rings. The largest absolute Gasteiger partial charge is 0.387 e. The Balaban J connectivity index is 1.87. The normalized spacial score (nSPS) is 17.7. The van der Waals surface area contributed by atoms with Crippen LogP contribution in [-0.2, 0) is 6.42 Å². The number of amidine groups is 1. The zero-order chi connectivity index (χ0) is 13.7. The van der Waals surface area contributed by atoms with E-state index in [0.29, 0.717) is 30.3 Å². The van der Waals surface area contributed by atoms with Gasteiger partial charge in [-0.3, -0.25) is 4.99 Å². The maximum atomic E-state index is 13.0. The summed E-state index contributed by atoms with van der Waals surface area (Å²) in [6.45, 7) is 0.491. The average molecular weight is 266 g/mol. The van der Waals surface area contributed by atoms with E-state index in [4.69, 9.17) is 5.73 Å². The summed E-state index contributed by atoms with van der Waals surface area (Å²) in [6.07, 6.45) is 6.47. The second-order valence-electron chi connectivity index (χ2n) is 5.17. The lowest BCUT2D eigenvalue weighted by atomic mass is 9.88. The molecule has 1 saturated carbocycles. The molecule has 0 unspecified atom stereocenters. The molecule has 0 aliphatic heterocycles. The SMILES string of the molecule is NC(=NCCc1cc(F)cc(F)c1)C1CCCCC1. The van der Waals surface area contributed by atoms with Gasteiger partial charge in [0.15, 0.2) is 0 Å².